The summed E-state index contributed by atoms with van der Waals surface area (Å²) >= 11 is 5.95. The van der Waals surface area contributed by atoms with Gasteiger partial charge in [0.05, 0.1) is 16.3 Å². The van der Waals surface area contributed by atoms with Crippen molar-refractivity contribution in [1.29, 1.82) is 0 Å². The van der Waals surface area contributed by atoms with E-state index >= 15 is 0 Å². The predicted molar refractivity (Wildman–Crippen MR) is 78.6 cm³/mol. The molecule has 1 aromatic heterocycles. The molecule has 0 fully saturated rings. The van der Waals surface area contributed by atoms with Gasteiger partial charge in [-0.15, -0.1) is 0 Å². The molecule has 0 radical (unpaired) electrons. The van der Waals surface area contributed by atoms with E-state index < -0.39 is 11.7 Å². The van der Waals surface area contributed by atoms with Crippen molar-refractivity contribution in [1.82, 2.24) is 10.3 Å². The van der Waals surface area contributed by atoms with Crippen LogP contribution in [0.5, 0.6) is 11.5 Å². The van der Waals surface area contributed by atoms with Crippen molar-refractivity contribution in [3.05, 3.63) is 40.5 Å². The maximum atomic E-state index is 12.7. The Morgan fingerprint density at radius 2 is 2.04 bits per heavy atom. The molecule has 3 rings (SSSR count). The van der Waals surface area contributed by atoms with Gasteiger partial charge in [-0.2, -0.15) is 13.2 Å². The number of fused-ring (bicyclic) bond motifs is 1. The molecule has 0 amide bonds. The summed E-state index contributed by atoms with van der Waals surface area (Å²) < 4.78 is 43.5. The van der Waals surface area contributed by atoms with Gasteiger partial charge in [-0.05, 0) is 18.2 Å². The van der Waals surface area contributed by atoms with E-state index in [-0.39, 0.29) is 16.5 Å². The normalized spacial score (nSPS) is 14.8. The Labute approximate surface area is 134 Å². The molecular formula is C15H12ClF3N2O2. The number of alkyl halides is 3. The topological polar surface area (TPSA) is 54.4 Å². The van der Waals surface area contributed by atoms with E-state index in [0.717, 1.165) is 12.3 Å². The highest BCUT2D eigenvalue weighted by Crippen LogP contribution is 2.39. The van der Waals surface area contributed by atoms with E-state index in [1.165, 1.54) is 6.07 Å². The standard InChI is InChI=1S/C15H12ClF3N2O2/c16-11-5-10(15(17,18)19)7-21-13(11)8-3-9-6-20-1-2-23-14(9)12(22)4-8/h3-5,7,20,22H,1-2,6H2. The number of halogens is 4. The molecule has 1 aliphatic rings. The molecule has 0 saturated carbocycles. The number of nitrogens with one attached hydrogen (secondary N) is 1. The fourth-order valence-corrected chi connectivity index (χ4v) is 2.64. The lowest BCUT2D eigenvalue weighted by Crippen LogP contribution is -2.16. The number of hydrogen-bond donors (Lipinski definition) is 2. The SMILES string of the molecule is Oc1cc(-c2ncc(C(F)(F)F)cc2Cl)cc2c1OCCNC2. The number of benzene rings is 1. The molecule has 0 bridgehead atoms. The zero-order valence-electron chi connectivity index (χ0n) is 11.7. The van der Waals surface area contributed by atoms with Gasteiger partial charge in [0.25, 0.3) is 0 Å². The molecule has 122 valence electrons. The number of aromatic hydroxyl groups is 1. The largest absolute Gasteiger partial charge is 0.504 e. The first-order valence-corrected chi connectivity index (χ1v) is 7.16. The highest BCUT2D eigenvalue weighted by atomic mass is 35.5. The van der Waals surface area contributed by atoms with Crippen LogP contribution in [0, 0.1) is 0 Å². The van der Waals surface area contributed by atoms with E-state index in [1.807, 2.05) is 0 Å². The molecule has 0 unspecified atom stereocenters. The molecule has 8 heteroatoms. The lowest BCUT2D eigenvalue weighted by Gasteiger charge is -2.13. The molecule has 1 aromatic carbocycles. The van der Waals surface area contributed by atoms with Gasteiger partial charge >= 0.3 is 6.18 Å². The number of nitrogens with zero attached hydrogens (tertiary/aromatic N) is 1. The van der Waals surface area contributed by atoms with E-state index in [2.05, 4.69) is 10.3 Å². The first-order valence-electron chi connectivity index (χ1n) is 6.79. The maximum absolute atomic E-state index is 12.7. The third kappa shape index (κ3) is 3.20. The van der Waals surface area contributed by atoms with Crippen LogP contribution >= 0.6 is 11.6 Å². The van der Waals surface area contributed by atoms with E-state index in [4.69, 9.17) is 16.3 Å². The van der Waals surface area contributed by atoms with Crippen molar-refractivity contribution < 1.29 is 23.0 Å². The molecule has 2 aromatic rings. The summed E-state index contributed by atoms with van der Waals surface area (Å²) in [4.78, 5) is 3.80. The van der Waals surface area contributed by atoms with Crippen LogP contribution in [0.2, 0.25) is 5.02 Å². The Morgan fingerprint density at radius 1 is 1.26 bits per heavy atom. The van der Waals surface area contributed by atoms with Gasteiger partial charge in [0, 0.05) is 30.4 Å². The average molecular weight is 345 g/mol. The van der Waals surface area contributed by atoms with Gasteiger partial charge in [-0.3, -0.25) is 4.98 Å². The Kier molecular flexibility index (Phi) is 4.08. The van der Waals surface area contributed by atoms with Crippen LogP contribution < -0.4 is 10.1 Å². The summed E-state index contributed by atoms with van der Waals surface area (Å²) in [5.74, 6) is 0.265. The molecular weight excluding hydrogens is 333 g/mol. The second kappa shape index (κ2) is 5.90. The minimum Gasteiger partial charge on any atom is -0.504 e. The van der Waals surface area contributed by atoms with Crippen LogP contribution in [0.4, 0.5) is 13.2 Å². The molecule has 4 nitrogen and oxygen atoms in total. The van der Waals surface area contributed by atoms with Gasteiger partial charge < -0.3 is 15.2 Å². The quantitative estimate of drug-likeness (QED) is 0.830. The summed E-state index contributed by atoms with van der Waals surface area (Å²) in [6.07, 6.45) is -3.79. The van der Waals surface area contributed by atoms with Crippen LogP contribution in [0.1, 0.15) is 11.1 Å². The maximum Gasteiger partial charge on any atom is 0.417 e. The summed E-state index contributed by atoms with van der Waals surface area (Å²) in [6.45, 7) is 1.51. The summed E-state index contributed by atoms with van der Waals surface area (Å²) in [5, 5.41) is 13.1. The molecule has 1 aliphatic heterocycles. The lowest BCUT2D eigenvalue weighted by atomic mass is 10.0. The Hall–Kier alpha value is -1.99. The van der Waals surface area contributed by atoms with Gasteiger partial charge in [-0.1, -0.05) is 11.6 Å². The van der Waals surface area contributed by atoms with E-state index in [9.17, 15) is 18.3 Å². The second-order valence-electron chi connectivity index (χ2n) is 5.06. The fraction of sp³-hybridized carbons (Fsp3) is 0.267. The Balaban J connectivity index is 2.06. The van der Waals surface area contributed by atoms with Crippen LogP contribution in [0.25, 0.3) is 11.3 Å². The third-order valence-corrected chi connectivity index (χ3v) is 3.72. The number of hydrogen-bond acceptors (Lipinski definition) is 4. The summed E-state index contributed by atoms with van der Waals surface area (Å²) in [5.41, 5.74) is 0.361. The average Bonchev–Trinajstić information content (AvgIpc) is 2.71. The number of phenolic OH excluding ortho intramolecular Hbond substituents is 1. The number of aromatic nitrogens is 1. The van der Waals surface area contributed by atoms with Crippen LogP contribution in [0.3, 0.4) is 0 Å². The van der Waals surface area contributed by atoms with Gasteiger partial charge in [0.2, 0.25) is 0 Å². The first kappa shape index (κ1) is 15.9. The number of pyridine rings is 1. The molecule has 0 saturated heterocycles. The number of rotatable bonds is 1. The fourth-order valence-electron chi connectivity index (χ4n) is 2.36. The zero-order chi connectivity index (χ0) is 16.6. The Bertz CT molecular complexity index is 750. The second-order valence-corrected chi connectivity index (χ2v) is 5.47. The van der Waals surface area contributed by atoms with Crippen LogP contribution in [0.15, 0.2) is 24.4 Å². The minimum absolute atomic E-state index is 0.0982. The highest BCUT2D eigenvalue weighted by molar-refractivity contribution is 6.33. The van der Waals surface area contributed by atoms with Crippen LogP contribution in [-0.2, 0) is 12.7 Å². The molecule has 0 spiro atoms. The molecule has 0 atom stereocenters. The van der Waals surface area contributed by atoms with Crippen LogP contribution in [-0.4, -0.2) is 23.2 Å². The third-order valence-electron chi connectivity index (χ3n) is 3.43. The summed E-state index contributed by atoms with van der Waals surface area (Å²) in [6, 6.07) is 3.89. The van der Waals surface area contributed by atoms with Gasteiger partial charge in [-0.25, -0.2) is 0 Å². The molecule has 2 heterocycles. The molecule has 0 aliphatic carbocycles. The highest BCUT2D eigenvalue weighted by Gasteiger charge is 2.31. The van der Waals surface area contributed by atoms with Crippen molar-refractivity contribution in [2.75, 3.05) is 13.2 Å². The molecule has 23 heavy (non-hydrogen) atoms. The Morgan fingerprint density at radius 3 is 2.74 bits per heavy atom. The zero-order valence-corrected chi connectivity index (χ0v) is 12.5. The van der Waals surface area contributed by atoms with Gasteiger partial charge in [0.15, 0.2) is 11.5 Å². The van der Waals surface area contributed by atoms with Crippen molar-refractivity contribution in [3.8, 4) is 22.8 Å². The smallest absolute Gasteiger partial charge is 0.417 e. The first-order chi connectivity index (χ1) is 10.9. The van der Waals surface area contributed by atoms with Crippen molar-refractivity contribution in [2.45, 2.75) is 12.7 Å². The lowest BCUT2D eigenvalue weighted by molar-refractivity contribution is -0.137. The van der Waals surface area contributed by atoms with E-state index in [0.29, 0.717) is 36.6 Å². The van der Waals surface area contributed by atoms with Crippen molar-refractivity contribution in [2.24, 2.45) is 0 Å². The van der Waals surface area contributed by atoms with Crippen molar-refractivity contribution in [3.63, 3.8) is 0 Å². The van der Waals surface area contributed by atoms with Gasteiger partial charge in [0.1, 0.15) is 6.61 Å². The molecule has 2 N–H and O–H groups in total. The minimum atomic E-state index is -4.51. The van der Waals surface area contributed by atoms with E-state index in [1.54, 1.807) is 6.07 Å². The predicted octanol–water partition coefficient (Wildman–Crippen LogP) is 3.61. The summed E-state index contributed by atoms with van der Waals surface area (Å²) in [7, 11) is 0. The van der Waals surface area contributed by atoms with Crippen molar-refractivity contribution >= 4 is 11.6 Å². The monoisotopic (exact) mass is 344 g/mol. The number of ether oxygens (including phenoxy) is 1. The number of phenols is 1.